The number of aliphatic imine (C=N–C) groups is 1. The summed E-state index contributed by atoms with van der Waals surface area (Å²) in [5.74, 6) is -3.75. The third-order valence-corrected chi connectivity index (χ3v) is 7.25. The number of ether oxygens (including phenoxy) is 3. The zero-order valence-corrected chi connectivity index (χ0v) is 21.9. The van der Waals surface area contributed by atoms with Crippen LogP contribution in [0.5, 0.6) is 5.75 Å². The third kappa shape index (κ3) is 4.82. The molecule has 1 aliphatic heterocycles. The summed E-state index contributed by atoms with van der Waals surface area (Å²) < 4.78 is 16.4. The molecule has 0 bridgehead atoms. The van der Waals surface area contributed by atoms with Gasteiger partial charge in [-0.15, -0.1) is 0 Å². The number of aryl methyl sites for hydroxylation is 1. The van der Waals surface area contributed by atoms with Gasteiger partial charge in [-0.3, -0.25) is 14.6 Å². The molecule has 0 spiro atoms. The van der Waals surface area contributed by atoms with Crippen molar-refractivity contribution in [2.24, 2.45) is 16.8 Å². The van der Waals surface area contributed by atoms with Gasteiger partial charge in [-0.25, -0.2) is 4.79 Å². The van der Waals surface area contributed by atoms with E-state index < -0.39 is 35.6 Å². The monoisotopic (exact) mass is 503 g/mol. The van der Waals surface area contributed by atoms with Crippen molar-refractivity contribution in [1.29, 1.82) is 0 Å². The molecule has 2 aromatic carbocycles. The van der Waals surface area contributed by atoms with E-state index in [2.05, 4.69) is 0 Å². The number of fused-ring (bicyclic) bond motifs is 1. The molecule has 7 nitrogen and oxygen atoms in total. The molecule has 4 atom stereocenters. The second kappa shape index (κ2) is 11.1. The number of methoxy groups -OCH3 is 1. The molecule has 37 heavy (non-hydrogen) atoms. The van der Waals surface area contributed by atoms with E-state index in [1.54, 1.807) is 27.9 Å². The van der Waals surface area contributed by atoms with Gasteiger partial charge < -0.3 is 14.2 Å². The fraction of sp³-hybridized carbons (Fsp3) is 0.400. The van der Waals surface area contributed by atoms with Gasteiger partial charge in [-0.1, -0.05) is 42.5 Å². The first-order valence-electron chi connectivity index (χ1n) is 12.7. The molecule has 0 amide bonds. The van der Waals surface area contributed by atoms with Crippen LogP contribution in [0.4, 0.5) is 0 Å². The number of hydrogen-bond donors (Lipinski definition) is 0. The van der Waals surface area contributed by atoms with Gasteiger partial charge >= 0.3 is 11.9 Å². The number of carbonyl (C=O) groups excluding carboxylic acids is 3. The van der Waals surface area contributed by atoms with E-state index in [4.69, 9.17) is 19.2 Å². The summed E-state index contributed by atoms with van der Waals surface area (Å²) in [5.41, 5.74) is 4.07. The van der Waals surface area contributed by atoms with Crippen molar-refractivity contribution in [1.82, 2.24) is 0 Å². The maximum atomic E-state index is 14.4. The summed E-state index contributed by atoms with van der Waals surface area (Å²) in [7, 11) is 1.57. The van der Waals surface area contributed by atoms with E-state index in [1.165, 1.54) is 0 Å². The van der Waals surface area contributed by atoms with Crippen LogP contribution in [-0.2, 0) is 23.9 Å². The molecule has 2 aromatic rings. The molecule has 0 radical (unpaired) electrons. The number of ketones is 1. The van der Waals surface area contributed by atoms with Crippen molar-refractivity contribution < 1.29 is 28.6 Å². The normalized spacial score (nSPS) is 23.2. The van der Waals surface area contributed by atoms with Gasteiger partial charge in [0.25, 0.3) is 0 Å². The van der Waals surface area contributed by atoms with Crippen molar-refractivity contribution in [2.75, 3.05) is 20.3 Å². The molecule has 194 valence electrons. The van der Waals surface area contributed by atoms with Gasteiger partial charge in [0, 0.05) is 23.2 Å². The minimum Gasteiger partial charge on any atom is -0.496 e. The van der Waals surface area contributed by atoms with Crippen LogP contribution < -0.4 is 4.74 Å². The fourth-order valence-electron chi connectivity index (χ4n) is 5.69. The molecule has 1 fully saturated rings. The maximum absolute atomic E-state index is 14.4. The Hall–Kier alpha value is -3.74. The van der Waals surface area contributed by atoms with Gasteiger partial charge in [0.2, 0.25) is 0 Å². The number of Topliss-reactive ketones (excluding diaryl/α,β-unsaturated/α-hetero) is 1. The maximum Gasteiger partial charge on any atom is 0.336 e. The number of para-hydroxylation sites is 1. The lowest BCUT2D eigenvalue weighted by Crippen LogP contribution is -2.49. The molecular weight excluding hydrogens is 470 g/mol. The SMILES string of the molecule is CCOC(=O)C1=C(C)N=C2C[C@H](c3ccccc3OC)[C@H](C(=O)OCC)C(=O)C2[C@@H]1c1ccccc1C. The number of esters is 2. The Kier molecular flexibility index (Phi) is 7.91. The van der Waals surface area contributed by atoms with Crippen molar-refractivity contribution in [3.63, 3.8) is 0 Å². The van der Waals surface area contributed by atoms with Crippen LogP contribution in [0.1, 0.15) is 55.7 Å². The summed E-state index contributed by atoms with van der Waals surface area (Å²) in [4.78, 5) is 45.7. The van der Waals surface area contributed by atoms with Crippen molar-refractivity contribution >= 4 is 23.4 Å². The Bertz CT molecular complexity index is 1280. The molecule has 1 saturated carbocycles. The van der Waals surface area contributed by atoms with E-state index in [0.29, 0.717) is 29.2 Å². The lowest BCUT2D eigenvalue weighted by atomic mass is 9.61. The standard InChI is InChI=1S/C30H33NO6/c1-6-36-29(33)24-18(4)31-22-16-21(20-14-10-11-15-23(20)35-5)26(30(34)37-7-2)28(32)27(22)25(24)19-13-9-8-12-17(19)3/h8-15,21,25-27H,6-7,16H2,1-5H3/t21-,25-,26+,27?/m1/s1. The molecular formula is C30H33NO6. The molecule has 0 N–H and O–H groups in total. The summed E-state index contributed by atoms with van der Waals surface area (Å²) in [6.07, 6.45) is 0.357. The van der Waals surface area contributed by atoms with Crippen LogP contribution in [0, 0.1) is 18.8 Å². The number of hydrogen-bond acceptors (Lipinski definition) is 7. The van der Waals surface area contributed by atoms with Crippen LogP contribution >= 0.6 is 0 Å². The zero-order chi connectivity index (χ0) is 26.7. The van der Waals surface area contributed by atoms with E-state index in [0.717, 1.165) is 16.7 Å². The average molecular weight is 504 g/mol. The van der Waals surface area contributed by atoms with Gasteiger partial charge in [0.05, 0.1) is 31.8 Å². The van der Waals surface area contributed by atoms with Crippen molar-refractivity contribution in [3.05, 3.63) is 76.5 Å². The van der Waals surface area contributed by atoms with Gasteiger partial charge in [0.1, 0.15) is 11.7 Å². The number of rotatable bonds is 7. The number of allylic oxidation sites excluding steroid dienone is 1. The minimum atomic E-state index is -1.06. The summed E-state index contributed by atoms with van der Waals surface area (Å²) in [6.45, 7) is 7.55. The Labute approximate surface area is 217 Å². The van der Waals surface area contributed by atoms with Crippen LogP contribution in [0.2, 0.25) is 0 Å². The molecule has 1 unspecified atom stereocenters. The van der Waals surface area contributed by atoms with E-state index >= 15 is 0 Å². The first-order valence-corrected chi connectivity index (χ1v) is 12.7. The largest absolute Gasteiger partial charge is 0.496 e. The fourth-order valence-corrected chi connectivity index (χ4v) is 5.69. The molecule has 1 heterocycles. The first-order chi connectivity index (χ1) is 17.8. The van der Waals surface area contributed by atoms with Gasteiger partial charge in [-0.05, 0) is 56.9 Å². The smallest absolute Gasteiger partial charge is 0.336 e. The Morgan fingerprint density at radius 2 is 1.57 bits per heavy atom. The predicted molar refractivity (Wildman–Crippen MR) is 140 cm³/mol. The van der Waals surface area contributed by atoms with E-state index in [9.17, 15) is 14.4 Å². The molecule has 4 rings (SSSR count). The topological polar surface area (TPSA) is 91.3 Å². The molecule has 0 saturated heterocycles. The predicted octanol–water partition coefficient (Wildman–Crippen LogP) is 4.93. The second-order valence-electron chi connectivity index (χ2n) is 9.32. The average Bonchev–Trinajstić information content (AvgIpc) is 2.88. The number of benzene rings is 2. The highest BCUT2D eigenvalue weighted by Crippen LogP contribution is 2.50. The van der Waals surface area contributed by atoms with Crippen LogP contribution in [0.15, 0.2) is 64.8 Å². The molecule has 2 aliphatic rings. The molecule has 1 aliphatic carbocycles. The summed E-state index contributed by atoms with van der Waals surface area (Å²) >= 11 is 0. The number of carbonyl (C=O) groups is 3. The Morgan fingerprint density at radius 3 is 2.22 bits per heavy atom. The van der Waals surface area contributed by atoms with Gasteiger partial charge in [0.15, 0.2) is 5.78 Å². The van der Waals surface area contributed by atoms with Crippen molar-refractivity contribution in [2.45, 2.75) is 46.0 Å². The first kappa shape index (κ1) is 26.3. The van der Waals surface area contributed by atoms with E-state index in [-0.39, 0.29) is 19.0 Å². The lowest BCUT2D eigenvalue weighted by molar-refractivity contribution is -0.153. The highest BCUT2D eigenvalue weighted by Gasteiger charge is 2.53. The Balaban J connectivity index is 1.93. The highest BCUT2D eigenvalue weighted by atomic mass is 16.5. The van der Waals surface area contributed by atoms with Crippen molar-refractivity contribution in [3.8, 4) is 5.75 Å². The Morgan fingerprint density at radius 1 is 0.919 bits per heavy atom. The number of nitrogens with zero attached hydrogens (tertiary/aromatic N) is 1. The minimum absolute atomic E-state index is 0.154. The van der Waals surface area contributed by atoms with Crippen LogP contribution in [0.25, 0.3) is 0 Å². The highest BCUT2D eigenvalue weighted by molar-refractivity contribution is 6.18. The van der Waals surface area contributed by atoms with E-state index in [1.807, 2.05) is 55.5 Å². The van der Waals surface area contributed by atoms with Crippen LogP contribution in [0.3, 0.4) is 0 Å². The van der Waals surface area contributed by atoms with Gasteiger partial charge in [-0.2, -0.15) is 0 Å². The second-order valence-corrected chi connectivity index (χ2v) is 9.32. The quantitative estimate of drug-likeness (QED) is 0.393. The van der Waals surface area contributed by atoms with Crippen LogP contribution in [-0.4, -0.2) is 43.8 Å². The molecule has 7 heteroatoms. The summed E-state index contributed by atoms with van der Waals surface area (Å²) in [5, 5.41) is 0. The zero-order valence-electron chi connectivity index (χ0n) is 21.9. The molecule has 0 aromatic heterocycles. The lowest BCUT2D eigenvalue weighted by Gasteiger charge is -2.41. The summed E-state index contributed by atoms with van der Waals surface area (Å²) in [6, 6.07) is 15.1. The third-order valence-electron chi connectivity index (χ3n) is 7.25.